The van der Waals surface area contributed by atoms with Gasteiger partial charge in [0.1, 0.15) is 0 Å². The fraction of sp³-hybridized carbons (Fsp3) is 0.455. The van der Waals surface area contributed by atoms with Crippen molar-refractivity contribution >= 4 is 21.8 Å². The summed E-state index contributed by atoms with van der Waals surface area (Å²) in [6.45, 7) is 2.15. The molecule has 5 nitrogen and oxygen atoms in total. The standard InChI is InChI=1S/C11H15BrN2O3/c1-8(15)6-13-10(16)4-5-14-7-9(12)2-3-11(14)17/h2-3,7-8,15H,4-6H2,1H3,(H,13,16). The van der Waals surface area contributed by atoms with Gasteiger partial charge < -0.3 is 15.0 Å². The zero-order valence-corrected chi connectivity index (χ0v) is 11.1. The molecule has 0 radical (unpaired) electrons. The minimum absolute atomic E-state index is 0.142. The van der Waals surface area contributed by atoms with Crippen LogP contribution in [-0.4, -0.2) is 28.2 Å². The van der Waals surface area contributed by atoms with Crippen LogP contribution in [0.5, 0.6) is 0 Å². The lowest BCUT2D eigenvalue weighted by atomic mass is 10.3. The Morgan fingerprint density at radius 1 is 1.59 bits per heavy atom. The van der Waals surface area contributed by atoms with Gasteiger partial charge in [-0.1, -0.05) is 0 Å². The number of rotatable bonds is 5. The van der Waals surface area contributed by atoms with Crippen molar-refractivity contribution < 1.29 is 9.90 Å². The lowest BCUT2D eigenvalue weighted by Gasteiger charge is -2.08. The molecule has 0 saturated heterocycles. The van der Waals surface area contributed by atoms with E-state index in [4.69, 9.17) is 5.11 Å². The van der Waals surface area contributed by atoms with Gasteiger partial charge in [-0.2, -0.15) is 0 Å². The molecule has 0 spiro atoms. The first kappa shape index (κ1) is 13.9. The molecule has 1 aromatic rings. The predicted octanol–water partition coefficient (Wildman–Crippen LogP) is 0.498. The normalized spacial score (nSPS) is 12.2. The van der Waals surface area contributed by atoms with Gasteiger partial charge in [0.05, 0.1) is 6.10 Å². The van der Waals surface area contributed by atoms with Crippen LogP contribution >= 0.6 is 15.9 Å². The third-order valence-corrected chi connectivity index (χ3v) is 2.59. The van der Waals surface area contributed by atoms with Gasteiger partial charge in [0.15, 0.2) is 0 Å². The van der Waals surface area contributed by atoms with Gasteiger partial charge in [0.25, 0.3) is 5.56 Å². The second kappa shape index (κ2) is 6.56. The Hall–Kier alpha value is -1.14. The molecule has 0 bridgehead atoms. The monoisotopic (exact) mass is 302 g/mol. The van der Waals surface area contributed by atoms with Crippen LogP contribution in [0, 0.1) is 0 Å². The molecular weight excluding hydrogens is 288 g/mol. The van der Waals surface area contributed by atoms with Gasteiger partial charge in [0.2, 0.25) is 5.91 Å². The number of aryl methyl sites for hydroxylation is 1. The number of aromatic nitrogens is 1. The molecule has 17 heavy (non-hydrogen) atoms. The molecule has 1 heterocycles. The van der Waals surface area contributed by atoms with Crippen molar-refractivity contribution in [3.63, 3.8) is 0 Å². The van der Waals surface area contributed by atoms with Crippen LogP contribution in [0.25, 0.3) is 0 Å². The number of halogens is 1. The van der Waals surface area contributed by atoms with Gasteiger partial charge in [-0.3, -0.25) is 9.59 Å². The number of aliphatic hydroxyl groups excluding tert-OH is 1. The molecule has 2 N–H and O–H groups in total. The summed E-state index contributed by atoms with van der Waals surface area (Å²) in [4.78, 5) is 22.8. The lowest BCUT2D eigenvalue weighted by molar-refractivity contribution is -0.121. The van der Waals surface area contributed by atoms with Crippen molar-refractivity contribution in [1.82, 2.24) is 9.88 Å². The van der Waals surface area contributed by atoms with Crippen LogP contribution in [0.15, 0.2) is 27.6 Å². The van der Waals surface area contributed by atoms with E-state index in [0.29, 0.717) is 6.54 Å². The first-order chi connectivity index (χ1) is 7.99. The maximum atomic E-state index is 11.4. The first-order valence-electron chi connectivity index (χ1n) is 5.30. The molecule has 94 valence electrons. The van der Waals surface area contributed by atoms with E-state index < -0.39 is 6.10 Å². The average Bonchev–Trinajstić information content (AvgIpc) is 2.27. The summed E-state index contributed by atoms with van der Waals surface area (Å²) in [7, 11) is 0. The molecule has 1 rings (SSSR count). The smallest absolute Gasteiger partial charge is 0.250 e. The highest BCUT2D eigenvalue weighted by Gasteiger charge is 2.04. The van der Waals surface area contributed by atoms with Crippen LogP contribution < -0.4 is 10.9 Å². The summed E-state index contributed by atoms with van der Waals surface area (Å²) < 4.78 is 2.26. The number of amides is 1. The van der Waals surface area contributed by atoms with Crippen molar-refractivity contribution in [2.45, 2.75) is 26.0 Å². The van der Waals surface area contributed by atoms with Gasteiger partial charge in [0, 0.05) is 36.2 Å². The molecule has 1 atom stereocenters. The van der Waals surface area contributed by atoms with Crippen molar-refractivity contribution in [2.75, 3.05) is 6.54 Å². The van der Waals surface area contributed by atoms with E-state index in [-0.39, 0.29) is 24.4 Å². The third kappa shape index (κ3) is 5.14. The van der Waals surface area contributed by atoms with E-state index in [2.05, 4.69) is 21.2 Å². The van der Waals surface area contributed by atoms with Crippen LogP contribution in [-0.2, 0) is 11.3 Å². The Morgan fingerprint density at radius 2 is 2.29 bits per heavy atom. The number of carbonyl (C=O) groups excluding carboxylic acids is 1. The largest absolute Gasteiger partial charge is 0.392 e. The highest BCUT2D eigenvalue weighted by atomic mass is 79.9. The molecule has 0 aromatic carbocycles. The number of nitrogens with one attached hydrogen (secondary N) is 1. The summed E-state index contributed by atoms with van der Waals surface area (Å²) >= 11 is 3.26. The maximum absolute atomic E-state index is 11.4. The zero-order chi connectivity index (χ0) is 12.8. The second-order valence-corrected chi connectivity index (χ2v) is 4.70. The molecule has 0 aliphatic rings. The van der Waals surface area contributed by atoms with Crippen molar-refractivity contribution in [2.24, 2.45) is 0 Å². The van der Waals surface area contributed by atoms with Crippen LogP contribution in [0.2, 0.25) is 0 Å². The Kier molecular flexibility index (Phi) is 5.37. The minimum atomic E-state index is -0.562. The van der Waals surface area contributed by atoms with E-state index >= 15 is 0 Å². The van der Waals surface area contributed by atoms with E-state index in [0.717, 1.165) is 4.47 Å². The van der Waals surface area contributed by atoms with Gasteiger partial charge in [-0.15, -0.1) is 0 Å². The molecule has 0 aliphatic carbocycles. The summed E-state index contributed by atoms with van der Waals surface area (Å²) in [5.41, 5.74) is -0.142. The maximum Gasteiger partial charge on any atom is 0.250 e. The summed E-state index contributed by atoms with van der Waals surface area (Å²) in [5, 5.41) is 11.6. The molecule has 0 saturated carbocycles. The zero-order valence-electron chi connectivity index (χ0n) is 9.52. The molecular formula is C11H15BrN2O3. The minimum Gasteiger partial charge on any atom is -0.392 e. The molecule has 0 fully saturated rings. The quantitative estimate of drug-likeness (QED) is 0.832. The van der Waals surface area contributed by atoms with E-state index in [1.54, 1.807) is 19.2 Å². The highest BCUT2D eigenvalue weighted by molar-refractivity contribution is 9.10. The molecule has 6 heteroatoms. The number of nitrogens with zero attached hydrogens (tertiary/aromatic N) is 1. The van der Waals surface area contributed by atoms with Crippen molar-refractivity contribution in [3.05, 3.63) is 33.2 Å². The number of hydrogen-bond acceptors (Lipinski definition) is 3. The van der Waals surface area contributed by atoms with E-state index in [9.17, 15) is 9.59 Å². The summed E-state index contributed by atoms with van der Waals surface area (Å²) in [6.07, 6.45) is 1.29. The molecule has 1 aromatic heterocycles. The lowest BCUT2D eigenvalue weighted by Crippen LogP contribution is -2.32. The topological polar surface area (TPSA) is 71.3 Å². The molecule has 0 aliphatic heterocycles. The summed E-state index contributed by atoms with van der Waals surface area (Å²) in [6, 6.07) is 3.10. The summed E-state index contributed by atoms with van der Waals surface area (Å²) in [5.74, 6) is -0.183. The second-order valence-electron chi connectivity index (χ2n) is 3.78. The van der Waals surface area contributed by atoms with Gasteiger partial charge in [-0.05, 0) is 28.9 Å². The fourth-order valence-corrected chi connectivity index (χ4v) is 1.63. The van der Waals surface area contributed by atoms with E-state index in [1.165, 1.54) is 10.6 Å². The first-order valence-corrected chi connectivity index (χ1v) is 6.09. The highest BCUT2D eigenvalue weighted by Crippen LogP contribution is 2.05. The number of aliphatic hydroxyl groups is 1. The SMILES string of the molecule is CC(O)CNC(=O)CCn1cc(Br)ccc1=O. The average molecular weight is 303 g/mol. The van der Waals surface area contributed by atoms with E-state index in [1.807, 2.05) is 0 Å². The van der Waals surface area contributed by atoms with Gasteiger partial charge in [-0.25, -0.2) is 0 Å². The predicted molar refractivity (Wildman–Crippen MR) is 67.7 cm³/mol. The Balaban J connectivity index is 2.47. The van der Waals surface area contributed by atoms with Crippen molar-refractivity contribution in [1.29, 1.82) is 0 Å². The van der Waals surface area contributed by atoms with Crippen LogP contribution in [0.3, 0.4) is 0 Å². The third-order valence-electron chi connectivity index (χ3n) is 2.12. The van der Waals surface area contributed by atoms with Crippen LogP contribution in [0.1, 0.15) is 13.3 Å². The molecule has 1 amide bonds. The van der Waals surface area contributed by atoms with Gasteiger partial charge >= 0.3 is 0 Å². The number of hydrogen-bond donors (Lipinski definition) is 2. The Labute approximate surface area is 108 Å². The van der Waals surface area contributed by atoms with Crippen LogP contribution in [0.4, 0.5) is 0 Å². The number of pyridine rings is 1. The fourth-order valence-electron chi connectivity index (χ4n) is 1.25. The molecule has 1 unspecified atom stereocenters. The number of carbonyl (C=O) groups is 1. The Morgan fingerprint density at radius 3 is 2.94 bits per heavy atom. The van der Waals surface area contributed by atoms with Crippen molar-refractivity contribution in [3.8, 4) is 0 Å². The Bertz CT molecular complexity index is 443.